The van der Waals surface area contributed by atoms with E-state index in [1.165, 1.54) is 30.3 Å². The summed E-state index contributed by atoms with van der Waals surface area (Å²) in [4.78, 5) is 30.1. The van der Waals surface area contributed by atoms with Crippen LogP contribution in [0.15, 0.2) is 60.8 Å². The number of alkyl halides is 3. The topological polar surface area (TPSA) is 83.6 Å². The SMILES string of the molecule is CNC(=O)c1cc(Oc2ccc(NC(=O)N(c3ccc(Cl)c(C(F)(F)F)c3)C(C)(C)C)cc2)ccn1. The molecule has 7 nitrogen and oxygen atoms in total. The van der Waals surface area contributed by atoms with Gasteiger partial charge in [0.25, 0.3) is 5.91 Å². The zero-order chi connectivity index (χ0) is 26.7. The van der Waals surface area contributed by atoms with E-state index in [-0.39, 0.29) is 17.3 Å². The van der Waals surface area contributed by atoms with E-state index in [1.54, 1.807) is 51.1 Å². The molecule has 11 heteroatoms. The number of hydrogen-bond donors (Lipinski definition) is 2. The van der Waals surface area contributed by atoms with Crippen molar-refractivity contribution >= 4 is 34.9 Å². The van der Waals surface area contributed by atoms with Crippen LogP contribution in [0.1, 0.15) is 36.8 Å². The van der Waals surface area contributed by atoms with Crippen LogP contribution in [0.2, 0.25) is 5.02 Å². The average Bonchev–Trinajstić information content (AvgIpc) is 2.79. The van der Waals surface area contributed by atoms with Gasteiger partial charge >= 0.3 is 12.2 Å². The van der Waals surface area contributed by atoms with Crippen LogP contribution in [0.4, 0.5) is 29.3 Å². The minimum Gasteiger partial charge on any atom is -0.457 e. The van der Waals surface area contributed by atoms with E-state index in [4.69, 9.17) is 16.3 Å². The molecule has 3 aromatic rings. The molecule has 0 unspecified atom stereocenters. The number of aromatic nitrogens is 1. The molecule has 2 aromatic carbocycles. The van der Waals surface area contributed by atoms with Crippen molar-refractivity contribution in [3.05, 3.63) is 77.1 Å². The van der Waals surface area contributed by atoms with Gasteiger partial charge in [0.15, 0.2) is 0 Å². The van der Waals surface area contributed by atoms with E-state index in [1.807, 2.05) is 0 Å². The smallest absolute Gasteiger partial charge is 0.417 e. The molecule has 3 amide bonds. The first-order valence-corrected chi connectivity index (χ1v) is 11.1. The number of halogens is 4. The van der Waals surface area contributed by atoms with E-state index in [0.717, 1.165) is 12.1 Å². The second-order valence-corrected chi connectivity index (χ2v) is 9.09. The molecular weight excluding hydrogens is 497 g/mol. The molecule has 1 aromatic heterocycles. The molecule has 2 N–H and O–H groups in total. The maximum atomic E-state index is 13.4. The number of anilines is 2. The Balaban J connectivity index is 1.79. The minimum atomic E-state index is -4.67. The van der Waals surface area contributed by atoms with Crippen LogP contribution in [0.3, 0.4) is 0 Å². The van der Waals surface area contributed by atoms with E-state index in [2.05, 4.69) is 15.6 Å². The molecule has 0 aliphatic carbocycles. The molecule has 0 saturated carbocycles. The number of urea groups is 1. The molecule has 190 valence electrons. The van der Waals surface area contributed by atoms with Gasteiger partial charge in [-0.3, -0.25) is 14.7 Å². The fourth-order valence-corrected chi connectivity index (χ4v) is 3.55. The Bertz CT molecular complexity index is 1260. The first kappa shape index (κ1) is 26.8. The molecule has 0 radical (unpaired) electrons. The lowest BCUT2D eigenvalue weighted by molar-refractivity contribution is -0.137. The zero-order valence-corrected chi connectivity index (χ0v) is 20.7. The van der Waals surface area contributed by atoms with Crippen LogP contribution >= 0.6 is 11.6 Å². The van der Waals surface area contributed by atoms with Crippen molar-refractivity contribution in [2.45, 2.75) is 32.5 Å². The van der Waals surface area contributed by atoms with Crippen molar-refractivity contribution in [2.24, 2.45) is 0 Å². The number of nitrogens with one attached hydrogen (secondary N) is 2. The second-order valence-electron chi connectivity index (χ2n) is 8.68. The van der Waals surface area contributed by atoms with Crippen LogP contribution in [-0.4, -0.2) is 29.5 Å². The fraction of sp³-hybridized carbons (Fsp3) is 0.240. The number of ether oxygens (including phenoxy) is 1. The van der Waals surface area contributed by atoms with Crippen molar-refractivity contribution in [3.63, 3.8) is 0 Å². The Kier molecular flexibility index (Phi) is 7.78. The van der Waals surface area contributed by atoms with E-state index in [0.29, 0.717) is 17.2 Å². The van der Waals surface area contributed by atoms with Gasteiger partial charge in [0.1, 0.15) is 17.2 Å². The van der Waals surface area contributed by atoms with Crippen molar-refractivity contribution in [2.75, 3.05) is 17.3 Å². The third kappa shape index (κ3) is 6.45. The third-order valence-electron chi connectivity index (χ3n) is 4.92. The van der Waals surface area contributed by atoms with Crippen molar-refractivity contribution in [1.82, 2.24) is 10.3 Å². The summed E-state index contributed by atoms with van der Waals surface area (Å²) in [7, 11) is 1.49. The summed E-state index contributed by atoms with van der Waals surface area (Å²) in [6.07, 6.45) is -3.23. The number of carbonyl (C=O) groups excluding carboxylic acids is 2. The summed E-state index contributed by atoms with van der Waals surface area (Å²) in [6, 6.07) is 12.1. The summed E-state index contributed by atoms with van der Waals surface area (Å²) in [5.41, 5.74) is -1.25. The van der Waals surface area contributed by atoms with Gasteiger partial charge in [-0.2, -0.15) is 13.2 Å². The normalized spacial score (nSPS) is 11.6. The lowest BCUT2D eigenvalue weighted by Crippen LogP contribution is -2.48. The molecule has 0 spiro atoms. The molecule has 0 bridgehead atoms. The highest BCUT2D eigenvalue weighted by atomic mass is 35.5. The van der Waals surface area contributed by atoms with Gasteiger partial charge in [-0.05, 0) is 69.3 Å². The third-order valence-corrected chi connectivity index (χ3v) is 5.25. The van der Waals surface area contributed by atoms with Crippen LogP contribution in [-0.2, 0) is 6.18 Å². The number of hydrogen-bond acceptors (Lipinski definition) is 4. The zero-order valence-electron chi connectivity index (χ0n) is 19.9. The van der Waals surface area contributed by atoms with Crippen LogP contribution in [0.5, 0.6) is 11.5 Å². The standard InChI is InChI=1S/C25H24ClF3N4O3/c1-24(2,3)33(16-7-10-20(26)19(13-16)25(27,28)29)23(35)32-15-5-8-17(9-6-15)36-18-11-12-31-21(14-18)22(34)30-4/h5-14H,1-4H3,(H,30,34)(H,32,35). The number of pyridine rings is 1. The molecule has 0 saturated heterocycles. The van der Waals surface area contributed by atoms with E-state index < -0.39 is 28.3 Å². The molecule has 0 fully saturated rings. The molecule has 0 aliphatic heterocycles. The maximum absolute atomic E-state index is 13.4. The van der Waals surface area contributed by atoms with Crippen LogP contribution in [0, 0.1) is 0 Å². The average molecular weight is 521 g/mol. The minimum absolute atomic E-state index is 0.0429. The fourth-order valence-electron chi connectivity index (χ4n) is 3.33. The molecule has 36 heavy (non-hydrogen) atoms. The summed E-state index contributed by atoms with van der Waals surface area (Å²) in [5, 5.41) is 4.72. The number of rotatable bonds is 5. The summed E-state index contributed by atoms with van der Waals surface area (Å²) in [5.74, 6) is 0.467. The van der Waals surface area contributed by atoms with Gasteiger partial charge in [-0.25, -0.2) is 4.79 Å². The van der Waals surface area contributed by atoms with Gasteiger partial charge in [0, 0.05) is 36.2 Å². The lowest BCUT2D eigenvalue weighted by Gasteiger charge is -2.36. The number of benzene rings is 2. The maximum Gasteiger partial charge on any atom is 0.417 e. The summed E-state index contributed by atoms with van der Waals surface area (Å²) in [6.45, 7) is 5.10. The van der Waals surface area contributed by atoms with E-state index in [9.17, 15) is 22.8 Å². The quantitative estimate of drug-likeness (QED) is 0.390. The van der Waals surface area contributed by atoms with Gasteiger partial charge in [0.2, 0.25) is 0 Å². The number of amides is 3. The lowest BCUT2D eigenvalue weighted by atomic mass is 10.0. The van der Waals surface area contributed by atoms with Crippen LogP contribution in [0.25, 0.3) is 0 Å². The Labute approximate surface area is 211 Å². The summed E-state index contributed by atoms with van der Waals surface area (Å²) < 4.78 is 45.9. The predicted molar refractivity (Wildman–Crippen MR) is 132 cm³/mol. The van der Waals surface area contributed by atoms with Gasteiger partial charge < -0.3 is 15.4 Å². The largest absolute Gasteiger partial charge is 0.457 e. The molecule has 0 atom stereocenters. The summed E-state index contributed by atoms with van der Waals surface area (Å²) >= 11 is 5.74. The highest BCUT2D eigenvalue weighted by Gasteiger charge is 2.36. The Morgan fingerprint density at radius 2 is 1.64 bits per heavy atom. The highest BCUT2D eigenvalue weighted by molar-refractivity contribution is 6.31. The van der Waals surface area contributed by atoms with Crippen molar-refractivity contribution in [3.8, 4) is 11.5 Å². The Morgan fingerprint density at radius 1 is 0.972 bits per heavy atom. The second kappa shape index (κ2) is 10.4. The van der Waals surface area contributed by atoms with Crippen molar-refractivity contribution in [1.29, 1.82) is 0 Å². The molecule has 0 aliphatic rings. The van der Waals surface area contributed by atoms with Crippen molar-refractivity contribution < 1.29 is 27.5 Å². The number of nitrogens with zero attached hydrogens (tertiary/aromatic N) is 2. The first-order chi connectivity index (χ1) is 16.8. The van der Waals surface area contributed by atoms with Crippen LogP contribution < -0.4 is 20.3 Å². The van der Waals surface area contributed by atoms with Gasteiger partial charge in [-0.1, -0.05) is 11.6 Å². The van der Waals surface area contributed by atoms with Gasteiger partial charge in [0.05, 0.1) is 10.6 Å². The molecule has 1 heterocycles. The molecule has 3 rings (SSSR count). The van der Waals surface area contributed by atoms with E-state index >= 15 is 0 Å². The predicted octanol–water partition coefficient (Wildman–Crippen LogP) is 6.74. The molecular formula is C25H24ClF3N4O3. The number of carbonyl (C=O) groups is 2. The monoisotopic (exact) mass is 520 g/mol. The van der Waals surface area contributed by atoms with Gasteiger partial charge in [-0.15, -0.1) is 0 Å². The highest BCUT2D eigenvalue weighted by Crippen LogP contribution is 2.38. The Hall–Kier alpha value is -3.79. The Morgan fingerprint density at radius 3 is 2.22 bits per heavy atom. The first-order valence-electron chi connectivity index (χ1n) is 10.7.